The molecule has 2 aromatic carbocycles. The molecule has 2 atom stereocenters. The van der Waals surface area contributed by atoms with Crippen molar-refractivity contribution in [2.24, 2.45) is 11.8 Å². The van der Waals surface area contributed by atoms with Gasteiger partial charge in [0.15, 0.2) is 0 Å². The number of carbonyl (C=O) groups is 2. The molecule has 4 rings (SSSR count). The second kappa shape index (κ2) is 8.15. The highest BCUT2D eigenvalue weighted by atomic mass is 16.2. The Morgan fingerprint density at radius 2 is 1.64 bits per heavy atom. The maximum atomic E-state index is 13.1. The van der Waals surface area contributed by atoms with E-state index < -0.39 is 0 Å². The molecule has 2 fully saturated rings. The summed E-state index contributed by atoms with van der Waals surface area (Å²) in [6.07, 6.45) is 2.12. The summed E-state index contributed by atoms with van der Waals surface area (Å²) in [6, 6.07) is 14.7. The molecule has 0 unspecified atom stereocenters. The van der Waals surface area contributed by atoms with Gasteiger partial charge in [0.25, 0.3) is 11.8 Å². The minimum absolute atomic E-state index is 0.0585. The van der Waals surface area contributed by atoms with E-state index in [1.165, 1.54) is 0 Å². The van der Waals surface area contributed by atoms with Crippen molar-refractivity contribution < 1.29 is 9.59 Å². The number of rotatable bonds is 3. The van der Waals surface area contributed by atoms with Gasteiger partial charge in [-0.15, -0.1) is 0 Å². The van der Waals surface area contributed by atoms with E-state index in [2.05, 4.69) is 10.6 Å². The van der Waals surface area contributed by atoms with Gasteiger partial charge in [0, 0.05) is 29.9 Å². The SMILES string of the molecule is Cc1ccc(C(=O)N2CC[C@@H]3CNC[C@@H]3CC2)cc1NC(=O)c1ccccc1. The topological polar surface area (TPSA) is 61.4 Å². The van der Waals surface area contributed by atoms with E-state index in [4.69, 9.17) is 0 Å². The first-order valence-corrected chi connectivity index (χ1v) is 10.1. The molecule has 2 aromatic rings. The monoisotopic (exact) mass is 377 g/mol. The molecular formula is C23H27N3O2. The Bertz CT molecular complexity index is 851. The van der Waals surface area contributed by atoms with Gasteiger partial charge in [-0.1, -0.05) is 24.3 Å². The Hall–Kier alpha value is -2.66. The number of nitrogens with zero attached hydrogens (tertiary/aromatic N) is 1. The smallest absolute Gasteiger partial charge is 0.255 e. The Kier molecular flexibility index (Phi) is 5.44. The van der Waals surface area contributed by atoms with Gasteiger partial charge in [0.1, 0.15) is 0 Å². The fourth-order valence-electron chi connectivity index (χ4n) is 4.28. The highest BCUT2D eigenvalue weighted by Crippen LogP contribution is 2.28. The van der Waals surface area contributed by atoms with Crippen LogP contribution in [0.25, 0.3) is 0 Å². The van der Waals surface area contributed by atoms with Crippen LogP contribution in [0.5, 0.6) is 0 Å². The van der Waals surface area contributed by atoms with Crippen LogP contribution in [0.15, 0.2) is 48.5 Å². The lowest BCUT2D eigenvalue weighted by Gasteiger charge is -2.21. The van der Waals surface area contributed by atoms with E-state index in [0.29, 0.717) is 28.7 Å². The average Bonchev–Trinajstić information content (AvgIpc) is 3.08. The van der Waals surface area contributed by atoms with E-state index in [1.807, 2.05) is 48.2 Å². The number of amides is 2. The van der Waals surface area contributed by atoms with Crippen LogP contribution in [0.4, 0.5) is 5.69 Å². The van der Waals surface area contributed by atoms with Crippen molar-refractivity contribution in [2.45, 2.75) is 19.8 Å². The zero-order valence-corrected chi connectivity index (χ0v) is 16.3. The molecule has 2 N–H and O–H groups in total. The minimum Gasteiger partial charge on any atom is -0.339 e. The maximum Gasteiger partial charge on any atom is 0.255 e. The zero-order chi connectivity index (χ0) is 19.5. The number of benzene rings is 2. The van der Waals surface area contributed by atoms with Crippen LogP contribution < -0.4 is 10.6 Å². The molecule has 0 aromatic heterocycles. The summed E-state index contributed by atoms with van der Waals surface area (Å²) >= 11 is 0. The van der Waals surface area contributed by atoms with Gasteiger partial charge in [-0.2, -0.15) is 0 Å². The van der Waals surface area contributed by atoms with E-state index in [0.717, 1.165) is 44.6 Å². The maximum absolute atomic E-state index is 13.1. The molecule has 146 valence electrons. The summed E-state index contributed by atoms with van der Waals surface area (Å²) < 4.78 is 0. The average molecular weight is 377 g/mol. The van der Waals surface area contributed by atoms with E-state index in [-0.39, 0.29) is 11.8 Å². The Balaban J connectivity index is 1.48. The molecule has 5 heteroatoms. The van der Waals surface area contributed by atoms with Gasteiger partial charge in [0.2, 0.25) is 0 Å². The first-order chi connectivity index (χ1) is 13.6. The van der Waals surface area contributed by atoms with Gasteiger partial charge in [-0.3, -0.25) is 9.59 Å². The van der Waals surface area contributed by atoms with E-state index >= 15 is 0 Å². The van der Waals surface area contributed by atoms with Crippen molar-refractivity contribution in [2.75, 3.05) is 31.5 Å². The van der Waals surface area contributed by atoms with Crippen LogP contribution >= 0.6 is 0 Å². The van der Waals surface area contributed by atoms with Gasteiger partial charge in [-0.25, -0.2) is 0 Å². The van der Waals surface area contributed by atoms with Crippen LogP contribution in [-0.2, 0) is 0 Å². The third kappa shape index (κ3) is 3.94. The Morgan fingerprint density at radius 1 is 0.964 bits per heavy atom. The quantitative estimate of drug-likeness (QED) is 0.863. The molecule has 0 bridgehead atoms. The normalized spacial score (nSPS) is 21.7. The standard InChI is InChI=1S/C23H27N3O2/c1-16-7-8-18(13-21(16)25-22(27)17-5-3-2-4-6-17)23(28)26-11-9-19-14-24-15-20(19)10-12-26/h2-8,13,19-20,24H,9-12,14-15H2,1H3,(H,25,27)/t19-,20+. The molecule has 2 aliphatic rings. The number of carbonyl (C=O) groups excluding carboxylic acids is 2. The number of anilines is 1. The largest absolute Gasteiger partial charge is 0.339 e. The molecular weight excluding hydrogens is 350 g/mol. The summed E-state index contributed by atoms with van der Waals surface area (Å²) in [4.78, 5) is 27.6. The van der Waals surface area contributed by atoms with Crippen molar-refractivity contribution in [3.8, 4) is 0 Å². The number of likely N-dealkylation sites (tertiary alicyclic amines) is 1. The van der Waals surface area contributed by atoms with Crippen LogP contribution in [0.1, 0.15) is 39.1 Å². The van der Waals surface area contributed by atoms with Crippen molar-refractivity contribution >= 4 is 17.5 Å². The summed E-state index contributed by atoms with van der Waals surface area (Å²) in [5.41, 5.74) is 2.87. The van der Waals surface area contributed by atoms with E-state index in [9.17, 15) is 9.59 Å². The summed E-state index contributed by atoms with van der Waals surface area (Å²) in [6.45, 7) is 5.71. The molecule has 0 radical (unpaired) electrons. The van der Waals surface area contributed by atoms with Crippen LogP contribution in [0.2, 0.25) is 0 Å². The molecule has 2 aliphatic heterocycles. The number of hydrogen-bond acceptors (Lipinski definition) is 3. The molecule has 0 saturated carbocycles. The van der Waals surface area contributed by atoms with Gasteiger partial charge in [0.05, 0.1) is 0 Å². The molecule has 2 saturated heterocycles. The molecule has 2 heterocycles. The number of hydrogen-bond donors (Lipinski definition) is 2. The lowest BCUT2D eigenvalue weighted by molar-refractivity contribution is 0.0758. The summed E-state index contributed by atoms with van der Waals surface area (Å²) in [5, 5.41) is 6.42. The molecule has 5 nitrogen and oxygen atoms in total. The third-order valence-electron chi connectivity index (χ3n) is 6.08. The predicted octanol–water partition coefficient (Wildman–Crippen LogP) is 3.32. The third-order valence-corrected chi connectivity index (χ3v) is 6.08. The first-order valence-electron chi connectivity index (χ1n) is 10.1. The van der Waals surface area contributed by atoms with Crippen LogP contribution in [-0.4, -0.2) is 42.9 Å². The molecule has 0 spiro atoms. The number of nitrogens with one attached hydrogen (secondary N) is 2. The van der Waals surface area contributed by atoms with Gasteiger partial charge >= 0.3 is 0 Å². The highest BCUT2D eigenvalue weighted by Gasteiger charge is 2.31. The lowest BCUT2D eigenvalue weighted by atomic mass is 9.92. The van der Waals surface area contributed by atoms with Crippen LogP contribution in [0.3, 0.4) is 0 Å². The predicted molar refractivity (Wildman–Crippen MR) is 111 cm³/mol. The van der Waals surface area contributed by atoms with Crippen molar-refractivity contribution in [3.05, 3.63) is 65.2 Å². The van der Waals surface area contributed by atoms with Crippen molar-refractivity contribution in [1.82, 2.24) is 10.2 Å². The highest BCUT2D eigenvalue weighted by molar-refractivity contribution is 6.05. The fourth-order valence-corrected chi connectivity index (χ4v) is 4.28. The van der Waals surface area contributed by atoms with Crippen LogP contribution in [0, 0.1) is 18.8 Å². The van der Waals surface area contributed by atoms with Crippen molar-refractivity contribution in [1.29, 1.82) is 0 Å². The van der Waals surface area contributed by atoms with Gasteiger partial charge < -0.3 is 15.5 Å². The second-order valence-electron chi connectivity index (χ2n) is 7.90. The molecule has 2 amide bonds. The fraction of sp³-hybridized carbons (Fsp3) is 0.391. The van der Waals surface area contributed by atoms with Gasteiger partial charge in [-0.05, 0) is 74.5 Å². The zero-order valence-electron chi connectivity index (χ0n) is 16.3. The minimum atomic E-state index is -0.164. The molecule has 28 heavy (non-hydrogen) atoms. The lowest BCUT2D eigenvalue weighted by Crippen LogP contribution is -2.32. The van der Waals surface area contributed by atoms with Crippen molar-refractivity contribution in [3.63, 3.8) is 0 Å². The van der Waals surface area contributed by atoms with E-state index in [1.54, 1.807) is 12.1 Å². The summed E-state index contributed by atoms with van der Waals surface area (Å²) in [5.74, 6) is 1.28. The number of aryl methyl sites for hydroxylation is 1. The Morgan fingerprint density at radius 3 is 2.32 bits per heavy atom. The molecule has 0 aliphatic carbocycles. The Labute approximate surface area is 166 Å². The number of fused-ring (bicyclic) bond motifs is 1. The first kappa shape index (κ1) is 18.7. The second-order valence-corrected chi connectivity index (χ2v) is 7.90. The summed E-state index contributed by atoms with van der Waals surface area (Å²) in [7, 11) is 0.